The van der Waals surface area contributed by atoms with Gasteiger partial charge >= 0.3 is 0 Å². The molecule has 0 saturated heterocycles. The Morgan fingerprint density at radius 2 is 2.16 bits per heavy atom. The predicted octanol–water partition coefficient (Wildman–Crippen LogP) is 0.559. The smallest absolute Gasteiger partial charge is 0.216 e. The van der Waals surface area contributed by atoms with Gasteiger partial charge in [0.15, 0.2) is 6.29 Å². The molecule has 0 aromatic heterocycles. The van der Waals surface area contributed by atoms with Gasteiger partial charge in [-0.2, -0.15) is 0 Å². The van der Waals surface area contributed by atoms with Gasteiger partial charge in [-0.1, -0.05) is 12.1 Å². The highest BCUT2D eigenvalue weighted by Crippen LogP contribution is 2.24. The molecular weight excluding hydrogens is 253 g/mol. The number of amides is 1. The third kappa shape index (κ3) is 4.11. The van der Waals surface area contributed by atoms with E-state index in [9.17, 15) is 24.2 Å². The van der Waals surface area contributed by atoms with Crippen LogP contribution in [0.3, 0.4) is 0 Å². The molecule has 0 saturated carbocycles. The van der Waals surface area contributed by atoms with Gasteiger partial charge < -0.3 is 15.5 Å². The fourth-order valence-electron chi connectivity index (χ4n) is 1.71. The Hall–Kier alpha value is -1.79. The number of aldehydes is 1. The van der Waals surface area contributed by atoms with Crippen LogP contribution in [0.1, 0.15) is 35.4 Å². The van der Waals surface area contributed by atoms with Crippen molar-refractivity contribution in [3.63, 3.8) is 0 Å². The van der Waals surface area contributed by atoms with E-state index in [2.05, 4.69) is 5.32 Å². The van der Waals surface area contributed by atoms with Crippen molar-refractivity contribution in [2.24, 2.45) is 0 Å². The number of halogens is 1. The summed E-state index contributed by atoms with van der Waals surface area (Å²) in [6.45, 7) is 1.47. The lowest BCUT2D eigenvalue weighted by Gasteiger charge is -2.20. The maximum absolute atomic E-state index is 13.6. The third-order valence-corrected chi connectivity index (χ3v) is 2.69. The molecule has 2 unspecified atom stereocenters. The zero-order chi connectivity index (χ0) is 14.4. The van der Waals surface area contributed by atoms with E-state index in [1.165, 1.54) is 19.1 Å². The van der Waals surface area contributed by atoms with Crippen LogP contribution in [0.25, 0.3) is 0 Å². The normalized spacial score (nSPS) is 13.7. The summed E-state index contributed by atoms with van der Waals surface area (Å²) >= 11 is 0. The molecule has 1 aromatic rings. The van der Waals surface area contributed by atoms with E-state index in [0.717, 1.165) is 6.07 Å². The zero-order valence-electron chi connectivity index (χ0n) is 10.5. The van der Waals surface area contributed by atoms with E-state index in [1.54, 1.807) is 0 Å². The van der Waals surface area contributed by atoms with Gasteiger partial charge in [-0.15, -0.1) is 0 Å². The summed E-state index contributed by atoms with van der Waals surface area (Å²) in [4.78, 5) is 21.5. The number of carbonyl (C=O) groups is 2. The Kier molecular flexibility index (Phi) is 5.59. The van der Waals surface area contributed by atoms with Gasteiger partial charge in [-0.3, -0.25) is 9.59 Å². The lowest BCUT2D eigenvalue weighted by Crippen LogP contribution is -2.28. The highest BCUT2D eigenvalue weighted by Gasteiger charge is 2.24. The number of aliphatic hydroxyl groups excluding tert-OH is 2. The van der Waals surface area contributed by atoms with E-state index < -0.39 is 18.0 Å². The molecule has 0 spiro atoms. The van der Waals surface area contributed by atoms with Crippen LogP contribution in [0.4, 0.5) is 4.39 Å². The lowest BCUT2D eigenvalue weighted by atomic mass is 9.97. The molecular formula is C13H16FNO4. The van der Waals surface area contributed by atoms with Crippen LogP contribution in [0.5, 0.6) is 0 Å². The Bertz CT molecular complexity index is 464. The van der Waals surface area contributed by atoms with E-state index in [1.807, 2.05) is 0 Å². The van der Waals surface area contributed by atoms with E-state index >= 15 is 0 Å². The lowest BCUT2D eigenvalue weighted by molar-refractivity contribution is -0.119. The number of nitrogens with one attached hydrogen (secondary N) is 1. The van der Waals surface area contributed by atoms with Crippen molar-refractivity contribution in [3.05, 3.63) is 35.1 Å². The van der Waals surface area contributed by atoms with Gasteiger partial charge in [0.05, 0.1) is 6.10 Å². The van der Waals surface area contributed by atoms with Crippen molar-refractivity contribution in [2.45, 2.75) is 25.6 Å². The third-order valence-electron chi connectivity index (χ3n) is 2.69. The van der Waals surface area contributed by atoms with Gasteiger partial charge in [0.2, 0.25) is 5.91 Å². The number of aliphatic hydroxyl groups is 2. The highest BCUT2D eigenvalue weighted by atomic mass is 19.1. The van der Waals surface area contributed by atoms with Crippen LogP contribution in [-0.2, 0) is 4.79 Å². The van der Waals surface area contributed by atoms with Crippen molar-refractivity contribution in [1.82, 2.24) is 5.32 Å². The van der Waals surface area contributed by atoms with Gasteiger partial charge in [0, 0.05) is 24.6 Å². The first-order valence-corrected chi connectivity index (χ1v) is 5.81. The number of benzene rings is 1. The average molecular weight is 269 g/mol. The Morgan fingerprint density at radius 3 is 2.74 bits per heavy atom. The maximum atomic E-state index is 13.6. The monoisotopic (exact) mass is 269 g/mol. The van der Waals surface area contributed by atoms with Gasteiger partial charge in [-0.25, -0.2) is 4.39 Å². The summed E-state index contributed by atoms with van der Waals surface area (Å²) in [6.07, 6.45) is -2.33. The van der Waals surface area contributed by atoms with Crippen LogP contribution < -0.4 is 5.32 Å². The van der Waals surface area contributed by atoms with Crippen molar-refractivity contribution in [1.29, 1.82) is 0 Å². The average Bonchev–Trinajstić information content (AvgIpc) is 2.37. The van der Waals surface area contributed by atoms with Crippen LogP contribution in [0.2, 0.25) is 0 Å². The molecule has 1 aromatic carbocycles. The van der Waals surface area contributed by atoms with Crippen molar-refractivity contribution >= 4 is 12.2 Å². The first kappa shape index (κ1) is 15.3. The highest BCUT2D eigenvalue weighted by molar-refractivity contribution is 5.77. The summed E-state index contributed by atoms with van der Waals surface area (Å²) < 4.78 is 13.6. The second kappa shape index (κ2) is 6.96. The molecule has 0 heterocycles. The first-order chi connectivity index (χ1) is 8.97. The Morgan fingerprint density at radius 1 is 1.47 bits per heavy atom. The van der Waals surface area contributed by atoms with Gasteiger partial charge in [0.1, 0.15) is 11.9 Å². The molecule has 0 bridgehead atoms. The first-order valence-electron chi connectivity index (χ1n) is 5.81. The fraction of sp³-hybridized carbons (Fsp3) is 0.385. The second-order valence-electron chi connectivity index (χ2n) is 4.14. The number of hydrogen-bond donors (Lipinski definition) is 3. The van der Waals surface area contributed by atoms with Crippen LogP contribution in [-0.4, -0.2) is 35.1 Å². The van der Waals surface area contributed by atoms with Crippen molar-refractivity contribution < 1.29 is 24.2 Å². The van der Waals surface area contributed by atoms with E-state index in [4.69, 9.17) is 0 Å². The molecule has 2 atom stereocenters. The molecule has 6 heteroatoms. The number of hydrogen-bond acceptors (Lipinski definition) is 4. The van der Waals surface area contributed by atoms with E-state index in [-0.39, 0.29) is 30.0 Å². The molecule has 0 aliphatic rings. The number of carbonyl (C=O) groups excluding carboxylic acids is 2. The minimum Gasteiger partial charge on any atom is -0.390 e. The largest absolute Gasteiger partial charge is 0.390 e. The second-order valence-corrected chi connectivity index (χ2v) is 4.14. The van der Waals surface area contributed by atoms with Crippen molar-refractivity contribution in [3.8, 4) is 0 Å². The standard InChI is InChI=1S/C13H16FNO4/c1-8(17)15-6-5-11(18)13(19)12-9(7-16)3-2-4-10(12)14/h2-4,7,11,13,18-19H,5-6H2,1H3,(H,15,17). The summed E-state index contributed by atoms with van der Waals surface area (Å²) in [5, 5.41) is 22.1. The molecule has 1 rings (SSSR count). The van der Waals surface area contributed by atoms with Gasteiger partial charge in [0.25, 0.3) is 0 Å². The fourth-order valence-corrected chi connectivity index (χ4v) is 1.71. The maximum Gasteiger partial charge on any atom is 0.216 e. The summed E-state index contributed by atoms with van der Waals surface area (Å²) in [5.41, 5.74) is -0.237. The summed E-state index contributed by atoms with van der Waals surface area (Å²) in [6, 6.07) is 3.81. The minimum atomic E-state index is -1.52. The molecule has 104 valence electrons. The summed E-state index contributed by atoms with van der Waals surface area (Å²) in [7, 11) is 0. The van der Waals surface area contributed by atoms with Crippen LogP contribution in [0, 0.1) is 5.82 Å². The predicted molar refractivity (Wildman–Crippen MR) is 66.1 cm³/mol. The topological polar surface area (TPSA) is 86.6 Å². The molecule has 3 N–H and O–H groups in total. The molecule has 0 aliphatic heterocycles. The molecule has 0 radical (unpaired) electrons. The van der Waals surface area contributed by atoms with Crippen molar-refractivity contribution in [2.75, 3.05) is 6.54 Å². The minimum absolute atomic E-state index is 0.00826. The van der Waals surface area contributed by atoms with E-state index in [0.29, 0.717) is 6.29 Å². The Balaban J connectivity index is 2.79. The van der Waals surface area contributed by atoms with Crippen LogP contribution >= 0.6 is 0 Å². The SMILES string of the molecule is CC(=O)NCCC(O)C(O)c1c(F)cccc1C=O. The molecule has 19 heavy (non-hydrogen) atoms. The van der Waals surface area contributed by atoms with Gasteiger partial charge in [-0.05, 0) is 12.5 Å². The summed E-state index contributed by atoms with van der Waals surface area (Å²) in [5.74, 6) is -1.02. The quantitative estimate of drug-likeness (QED) is 0.658. The molecule has 5 nitrogen and oxygen atoms in total. The zero-order valence-corrected chi connectivity index (χ0v) is 10.5. The molecule has 1 amide bonds. The molecule has 0 aliphatic carbocycles. The molecule has 0 fully saturated rings. The Labute approximate surface area is 110 Å². The number of rotatable bonds is 6. The van der Waals surface area contributed by atoms with Crippen LogP contribution in [0.15, 0.2) is 18.2 Å².